The average molecular weight is 238 g/mol. The summed E-state index contributed by atoms with van der Waals surface area (Å²) in [6.07, 6.45) is 4.11. The number of aromatic nitrogens is 1. The van der Waals surface area contributed by atoms with E-state index in [9.17, 15) is 0 Å². The molecule has 0 amide bonds. The maximum absolute atomic E-state index is 5.92. The van der Waals surface area contributed by atoms with Crippen molar-refractivity contribution in [1.29, 1.82) is 0 Å². The summed E-state index contributed by atoms with van der Waals surface area (Å²) in [5.74, 6) is 1.93. The third kappa shape index (κ3) is 4.14. The molecular weight excluding hydrogens is 216 g/mol. The Balaban J connectivity index is 2.51. The number of rotatable bonds is 6. The van der Waals surface area contributed by atoms with Crippen LogP contribution in [-0.4, -0.2) is 10.7 Å². The van der Waals surface area contributed by atoms with Crippen LogP contribution in [0.1, 0.15) is 45.3 Å². The molecule has 1 rings (SSSR count). The molecular formula is C13H22N2S. The van der Waals surface area contributed by atoms with Crippen LogP contribution < -0.4 is 5.73 Å². The molecule has 90 valence electrons. The highest BCUT2D eigenvalue weighted by molar-refractivity contribution is 7.99. The molecule has 0 saturated carbocycles. The zero-order chi connectivity index (χ0) is 12.0. The summed E-state index contributed by atoms with van der Waals surface area (Å²) in [4.78, 5) is 5.65. The van der Waals surface area contributed by atoms with Gasteiger partial charge in [-0.15, -0.1) is 11.8 Å². The van der Waals surface area contributed by atoms with Gasteiger partial charge in [0, 0.05) is 22.9 Å². The molecule has 1 aromatic rings. The summed E-state index contributed by atoms with van der Waals surface area (Å²) >= 11 is 1.88. The van der Waals surface area contributed by atoms with Crippen LogP contribution in [0.3, 0.4) is 0 Å². The normalized spacial score (nSPS) is 14.8. The fourth-order valence-electron chi connectivity index (χ4n) is 1.26. The maximum atomic E-state index is 5.92. The van der Waals surface area contributed by atoms with Gasteiger partial charge in [0.1, 0.15) is 0 Å². The van der Waals surface area contributed by atoms with Crippen molar-refractivity contribution in [2.45, 2.75) is 44.6 Å². The second-order valence-electron chi connectivity index (χ2n) is 4.26. The van der Waals surface area contributed by atoms with E-state index in [2.05, 4.69) is 31.8 Å². The fourth-order valence-corrected chi connectivity index (χ4v) is 2.27. The van der Waals surface area contributed by atoms with Crippen LogP contribution in [0.15, 0.2) is 23.2 Å². The van der Waals surface area contributed by atoms with E-state index in [1.807, 2.05) is 24.0 Å². The lowest BCUT2D eigenvalue weighted by atomic mass is 10.1. The van der Waals surface area contributed by atoms with E-state index in [4.69, 9.17) is 5.73 Å². The molecule has 3 heteroatoms. The van der Waals surface area contributed by atoms with Crippen molar-refractivity contribution in [3.05, 3.63) is 24.0 Å². The van der Waals surface area contributed by atoms with Gasteiger partial charge < -0.3 is 5.73 Å². The molecule has 0 aliphatic heterocycles. The summed E-state index contributed by atoms with van der Waals surface area (Å²) in [7, 11) is 0. The molecule has 0 radical (unpaired) electrons. The first-order valence-electron chi connectivity index (χ1n) is 6.01. The van der Waals surface area contributed by atoms with Gasteiger partial charge in [0.05, 0.1) is 5.69 Å². The molecule has 16 heavy (non-hydrogen) atoms. The molecule has 2 unspecified atom stereocenters. The standard InChI is InChI=1S/C13H22N2S/c1-4-10(3)9-16-11-6-7-13(15-8-11)12(14)5-2/h6-8,10,12H,4-5,9,14H2,1-3H3. The van der Waals surface area contributed by atoms with Gasteiger partial charge in [-0.05, 0) is 24.5 Å². The largest absolute Gasteiger partial charge is 0.323 e. The van der Waals surface area contributed by atoms with E-state index in [-0.39, 0.29) is 6.04 Å². The summed E-state index contributed by atoms with van der Waals surface area (Å²) < 4.78 is 0. The highest BCUT2D eigenvalue weighted by Crippen LogP contribution is 2.22. The van der Waals surface area contributed by atoms with Gasteiger partial charge in [-0.25, -0.2) is 0 Å². The van der Waals surface area contributed by atoms with Gasteiger partial charge in [0.15, 0.2) is 0 Å². The van der Waals surface area contributed by atoms with Crippen LogP contribution >= 0.6 is 11.8 Å². The SMILES string of the molecule is CCC(C)CSc1ccc(C(N)CC)nc1. The summed E-state index contributed by atoms with van der Waals surface area (Å²) in [6, 6.07) is 4.26. The van der Waals surface area contributed by atoms with E-state index < -0.39 is 0 Å². The number of hydrogen-bond donors (Lipinski definition) is 1. The van der Waals surface area contributed by atoms with E-state index in [0.717, 1.165) is 23.8 Å². The van der Waals surface area contributed by atoms with Crippen LogP contribution in [0, 0.1) is 5.92 Å². The predicted octanol–water partition coefficient (Wildman–Crippen LogP) is 3.63. The van der Waals surface area contributed by atoms with Crippen molar-refractivity contribution in [2.24, 2.45) is 11.7 Å². The molecule has 2 nitrogen and oxygen atoms in total. The van der Waals surface area contributed by atoms with Gasteiger partial charge in [0.2, 0.25) is 0 Å². The minimum atomic E-state index is 0.0774. The Labute approximate surface area is 103 Å². The Morgan fingerprint density at radius 1 is 1.31 bits per heavy atom. The molecule has 1 aromatic heterocycles. The lowest BCUT2D eigenvalue weighted by Gasteiger charge is -2.10. The van der Waals surface area contributed by atoms with Crippen LogP contribution in [0.2, 0.25) is 0 Å². The van der Waals surface area contributed by atoms with Crippen molar-refractivity contribution in [3.8, 4) is 0 Å². The first-order chi connectivity index (χ1) is 7.67. The molecule has 0 aliphatic rings. The van der Waals surface area contributed by atoms with E-state index in [1.54, 1.807) is 0 Å². The molecule has 0 bridgehead atoms. The molecule has 0 aromatic carbocycles. The Hall–Kier alpha value is -0.540. The minimum Gasteiger partial charge on any atom is -0.323 e. The van der Waals surface area contributed by atoms with Gasteiger partial charge in [0.25, 0.3) is 0 Å². The molecule has 2 atom stereocenters. The van der Waals surface area contributed by atoms with E-state index >= 15 is 0 Å². The van der Waals surface area contributed by atoms with Crippen molar-refractivity contribution < 1.29 is 0 Å². The highest BCUT2D eigenvalue weighted by Gasteiger charge is 2.05. The molecule has 0 saturated heterocycles. The third-order valence-electron chi connectivity index (χ3n) is 2.81. The minimum absolute atomic E-state index is 0.0774. The first kappa shape index (κ1) is 13.5. The molecule has 2 N–H and O–H groups in total. The monoisotopic (exact) mass is 238 g/mol. The lowest BCUT2D eigenvalue weighted by molar-refractivity contribution is 0.636. The topological polar surface area (TPSA) is 38.9 Å². The van der Waals surface area contributed by atoms with Gasteiger partial charge in [-0.3, -0.25) is 4.98 Å². The Morgan fingerprint density at radius 3 is 2.56 bits per heavy atom. The quantitative estimate of drug-likeness (QED) is 0.769. The van der Waals surface area contributed by atoms with Crippen molar-refractivity contribution in [1.82, 2.24) is 4.98 Å². The van der Waals surface area contributed by atoms with E-state index in [0.29, 0.717) is 0 Å². The highest BCUT2D eigenvalue weighted by atomic mass is 32.2. The first-order valence-corrected chi connectivity index (χ1v) is 7.00. The predicted molar refractivity (Wildman–Crippen MR) is 71.6 cm³/mol. The van der Waals surface area contributed by atoms with Crippen molar-refractivity contribution in [2.75, 3.05) is 5.75 Å². The molecule has 0 aliphatic carbocycles. The number of nitrogens with zero attached hydrogens (tertiary/aromatic N) is 1. The van der Waals surface area contributed by atoms with Crippen molar-refractivity contribution in [3.63, 3.8) is 0 Å². The molecule has 0 fully saturated rings. The number of nitrogens with two attached hydrogens (primary N) is 1. The Bertz CT molecular complexity index is 297. The van der Waals surface area contributed by atoms with Crippen molar-refractivity contribution >= 4 is 11.8 Å². The Kier molecular flexibility index (Phi) is 5.85. The van der Waals surface area contributed by atoms with Crippen LogP contribution in [0.4, 0.5) is 0 Å². The van der Waals surface area contributed by atoms with Gasteiger partial charge in [-0.1, -0.05) is 27.2 Å². The fraction of sp³-hybridized carbons (Fsp3) is 0.615. The zero-order valence-corrected chi connectivity index (χ0v) is 11.3. The second-order valence-corrected chi connectivity index (χ2v) is 5.35. The van der Waals surface area contributed by atoms with Crippen LogP contribution in [-0.2, 0) is 0 Å². The molecule has 0 spiro atoms. The van der Waals surface area contributed by atoms with Gasteiger partial charge >= 0.3 is 0 Å². The van der Waals surface area contributed by atoms with E-state index in [1.165, 1.54) is 11.3 Å². The number of pyridine rings is 1. The smallest absolute Gasteiger partial charge is 0.0571 e. The molecule has 1 heterocycles. The second kappa shape index (κ2) is 6.92. The van der Waals surface area contributed by atoms with Gasteiger partial charge in [-0.2, -0.15) is 0 Å². The third-order valence-corrected chi connectivity index (χ3v) is 4.12. The summed E-state index contributed by atoms with van der Waals surface area (Å²) in [5, 5.41) is 0. The maximum Gasteiger partial charge on any atom is 0.0571 e. The summed E-state index contributed by atoms with van der Waals surface area (Å²) in [6.45, 7) is 6.59. The number of thioether (sulfide) groups is 1. The lowest BCUT2D eigenvalue weighted by Crippen LogP contribution is -2.10. The van der Waals surface area contributed by atoms with Crippen LogP contribution in [0.5, 0.6) is 0 Å². The Morgan fingerprint density at radius 2 is 2.06 bits per heavy atom. The number of hydrogen-bond acceptors (Lipinski definition) is 3. The summed E-state index contributed by atoms with van der Waals surface area (Å²) in [5.41, 5.74) is 6.91. The zero-order valence-electron chi connectivity index (χ0n) is 10.4. The average Bonchev–Trinajstić information content (AvgIpc) is 2.35. The van der Waals surface area contributed by atoms with Crippen LogP contribution in [0.25, 0.3) is 0 Å².